The van der Waals surface area contributed by atoms with Crippen LogP contribution in [0.25, 0.3) is 5.70 Å². The Morgan fingerprint density at radius 2 is 2.03 bits per heavy atom. The van der Waals surface area contributed by atoms with E-state index >= 15 is 0 Å². The third kappa shape index (κ3) is 4.03. The molecular formula is C25H27N5OS. The van der Waals surface area contributed by atoms with Crippen LogP contribution in [-0.2, 0) is 6.54 Å². The predicted octanol–water partition coefficient (Wildman–Crippen LogP) is 4.72. The van der Waals surface area contributed by atoms with Gasteiger partial charge in [0.1, 0.15) is 0 Å². The Kier molecular flexibility index (Phi) is 5.71. The summed E-state index contributed by atoms with van der Waals surface area (Å²) in [5.41, 5.74) is 3.82. The van der Waals surface area contributed by atoms with Crippen molar-refractivity contribution >= 4 is 34.6 Å². The lowest BCUT2D eigenvalue weighted by Gasteiger charge is -2.39. The van der Waals surface area contributed by atoms with Crippen molar-refractivity contribution in [3.8, 4) is 6.07 Å². The Bertz CT molecular complexity index is 1120. The van der Waals surface area contributed by atoms with Crippen molar-refractivity contribution < 1.29 is 4.79 Å². The molecule has 5 rings (SSSR count). The number of carbonyl (C=O) groups excluding carboxylic acids is 1. The van der Waals surface area contributed by atoms with Crippen LogP contribution < -0.4 is 5.32 Å². The van der Waals surface area contributed by atoms with Crippen molar-refractivity contribution in [2.45, 2.75) is 38.6 Å². The summed E-state index contributed by atoms with van der Waals surface area (Å²) in [6, 6.07) is 9.98. The molecule has 3 aliphatic rings. The van der Waals surface area contributed by atoms with Crippen LogP contribution in [0, 0.1) is 17.2 Å². The second-order valence-electron chi connectivity index (χ2n) is 8.74. The summed E-state index contributed by atoms with van der Waals surface area (Å²) >= 11 is 1.52. The second-order valence-corrected chi connectivity index (χ2v) is 9.62. The van der Waals surface area contributed by atoms with E-state index in [1.807, 2.05) is 29.6 Å². The van der Waals surface area contributed by atoms with Crippen molar-refractivity contribution in [3.05, 3.63) is 57.8 Å². The molecule has 1 aromatic carbocycles. The van der Waals surface area contributed by atoms with Crippen LogP contribution >= 0.6 is 11.3 Å². The zero-order chi connectivity index (χ0) is 22.1. The van der Waals surface area contributed by atoms with Crippen molar-refractivity contribution in [3.63, 3.8) is 0 Å². The van der Waals surface area contributed by atoms with E-state index in [4.69, 9.17) is 4.99 Å². The highest BCUT2D eigenvalue weighted by molar-refractivity contribution is 7.12. The standard InChI is InChI=1S/C25H27N5OS/c1-17-23-22(21(16-32-23)24(31)27-14-18-9-10-18)28-25(29-11-5-2-6-12-29)30(17)15-20-8-4-3-7-19(20)13-26/h3-4,7-8,16,18H,1-2,5-6,9-12,14-15H2,(H,27,31). The number of nitriles is 1. The molecule has 1 aliphatic carbocycles. The Morgan fingerprint density at radius 3 is 2.78 bits per heavy atom. The minimum absolute atomic E-state index is 0.0489. The molecule has 0 bridgehead atoms. The van der Waals surface area contributed by atoms with Crippen LogP contribution in [-0.4, -0.2) is 41.3 Å². The van der Waals surface area contributed by atoms with E-state index in [-0.39, 0.29) is 5.91 Å². The zero-order valence-electron chi connectivity index (χ0n) is 18.1. The Hall–Kier alpha value is -3.11. The van der Waals surface area contributed by atoms with E-state index in [9.17, 15) is 10.1 Å². The average molecular weight is 446 g/mol. The topological polar surface area (TPSA) is 71.7 Å². The van der Waals surface area contributed by atoms with Crippen LogP contribution in [0.4, 0.5) is 5.69 Å². The van der Waals surface area contributed by atoms with Gasteiger partial charge in [-0.05, 0) is 49.7 Å². The smallest absolute Gasteiger partial charge is 0.254 e. The van der Waals surface area contributed by atoms with E-state index in [2.05, 4.69) is 27.8 Å². The second kappa shape index (κ2) is 8.79. The molecule has 1 saturated carbocycles. The molecule has 2 aliphatic heterocycles. The predicted molar refractivity (Wildman–Crippen MR) is 128 cm³/mol. The van der Waals surface area contributed by atoms with E-state index in [0.717, 1.165) is 60.3 Å². The number of nitrogens with zero attached hydrogens (tertiary/aromatic N) is 4. The highest BCUT2D eigenvalue weighted by atomic mass is 32.1. The van der Waals surface area contributed by atoms with Gasteiger partial charge < -0.3 is 15.1 Å². The van der Waals surface area contributed by atoms with Gasteiger partial charge in [0.05, 0.1) is 40.0 Å². The Morgan fingerprint density at radius 1 is 1.25 bits per heavy atom. The molecule has 7 heteroatoms. The number of nitrogens with one attached hydrogen (secondary N) is 1. The van der Waals surface area contributed by atoms with E-state index in [0.29, 0.717) is 23.6 Å². The van der Waals surface area contributed by atoms with Gasteiger partial charge in [-0.2, -0.15) is 5.26 Å². The molecule has 0 unspecified atom stereocenters. The maximum Gasteiger partial charge on any atom is 0.254 e. The zero-order valence-corrected chi connectivity index (χ0v) is 19.0. The number of guanidine groups is 1. The monoisotopic (exact) mass is 445 g/mol. The molecule has 0 spiro atoms. The van der Waals surface area contributed by atoms with E-state index in [1.165, 1.54) is 30.6 Å². The molecule has 2 aromatic rings. The fraction of sp³-hybridized carbons (Fsp3) is 0.400. The van der Waals surface area contributed by atoms with Crippen molar-refractivity contribution in [1.29, 1.82) is 5.26 Å². The SMILES string of the molecule is C=C1c2scc(C(=O)NCC3CC3)c2N=C(N2CCCCC2)N1Cc1ccccc1C#N. The summed E-state index contributed by atoms with van der Waals surface area (Å²) in [5.74, 6) is 1.42. The van der Waals surface area contributed by atoms with Crippen molar-refractivity contribution in [2.75, 3.05) is 19.6 Å². The fourth-order valence-electron chi connectivity index (χ4n) is 4.33. The first-order chi connectivity index (χ1) is 15.7. The van der Waals surface area contributed by atoms with E-state index < -0.39 is 0 Å². The molecule has 0 atom stereocenters. The van der Waals surface area contributed by atoms with Gasteiger partial charge in [-0.15, -0.1) is 11.3 Å². The van der Waals surface area contributed by atoms with Crippen LogP contribution in [0.1, 0.15) is 58.5 Å². The number of aliphatic imine (C=N–C) groups is 1. The van der Waals surface area contributed by atoms with Gasteiger partial charge in [0.2, 0.25) is 5.96 Å². The highest BCUT2D eigenvalue weighted by Gasteiger charge is 2.33. The molecule has 1 N–H and O–H groups in total. The van der Waals surface area contributed by atoms with Crippen LogP contribution in [0.3, 0.4) is 0 Å². The first-order valence-corrected chi connectivity index (χ1v) is 12.2. The summed E-state index contributed by atoms with van der Waals surface area (Å²) in [6.45, 7) is 7.54. The Balaban J connectivity index is 1.50. The largest absolute Gasteiger partial charge is 0.352 e. The number of carbonyl (C=O) groups is 1. The molecule has 1 saturated heterocycles. The van der Waals surface area contributed by atoms with Crippen LogP contribution in [0.2, 0.25) is 0 Å². The quantitative estimate of drug-likeness (QED) is 0.723. The summed E-state index contributed by atoms with van der Waals surface area (Å²) in [6.07, 6.45) is 5.88. The third-order valence-electron chi connectivity index (χ3n) is 6.40. The average Bonchev–Trinajstić information content (AvgIpc) is 3.56. The summed E-state index contributed by atoms with van der Waals surface area (Å²) in [5, 5.41) is 14.6. The number of amides is 1. The maximum atomic E-state index is 12.9. The number of thiophene rings is 1. The lowest BCUT2D eigenvalue weighted by molar-refractivity contribution is 0.0953. The summed E-state index contributed by atoms with van der Waals surface area (Å²) < 4.78 is 0. The molecule has 0 radical (unpaired) electrons. The Labute approximate surface area is 192 Å². The van der Waals surface area contributed by atoms with E-state index in [1.54, 1.807) is 0 Å². The first kappa shape index (κ1) is 20.8. The number of benzene rings is 1. The number of hydrogen-bond acceptors (Lipinski definition) is 6. The van der Waals surface area contributed by atoms with Crippen molar-refractivity contribution in [1.82, 2.24) is 15.1 Å². The normalized spacial score (nSPS) is 18.1. The summed E-state index contributed by atoms with van der Waals surface area (Å²) in [4.78, 5) is 23.3. The molecule has 2 fully saturated rings. The minimum Gasteiger partial charge on any atom is -0.352 e. The van der Waals surface area contributed by atoms with Gasteiger partial charge in [0.15, 0.2) is 0 Å². The minimum atomic E-state index is -0.0489. The summed E-state index contributed by atoms with van der Waals surface area (Å²) in [7, 11) is 0. The first-order valence-electron chi connectivity index (χ1n) is 11.3. The molecular weight excluding hydrogens is 418 g/mol. The van der Waals surface area contributed by atoms with Gasteiger partial charge in [-0.1, -0.05) is 24.8 Å². The van der Waals surface area contributed by atoms with Crippen molar-refractivity contribution in [2.24, 2.45) is 10.9 Å². The number of fused-ring (bicyclic) bond motifs is 1. The molecule has 32 heavy (non-hydrogen) atoms. The molecule has 1 aromatic heterocycles. The maximum absolute atomic E-state index is 12.9. The molecule has 6 nitrogen and oxygen atoms in total. The van der Waals surface area contributed by atoms with Gasteiger partial charge in [0, 0.05) is 25.0 Å². The van der Waals surface area contributed by atoms with Gasteiger partial charge in [-0.25, -0.2) is 4.99 Å². The van der Waals surface area contributed by atoms with Crippen LogP contribution in [0.5, 0.6) is 0 Å². The lowest BCUT2D eigenvalue weighted by Crippen LogP contribution is -2.46. The van der Waals surface area contributed by atoms with Gasteiger partial charge >= 0.3 is 0 Å². The van der Waals surface area contributed by atoms with Crippen LogP contribution in [0.15, 0.2) is 41.2 Å². The van der Waals surface area contributed by atoms with Gasteiger partial charge in [0.25, 0.3) is 5.91 Å². The molecule has 3 heterocycles. The van der Waals surface area contributed by atoms with Gasteiger partial charge in [-0.3, -0.25) is 4.79 Å². The number of hydrogen-bond donors (Lipinski definition) is 1. The number of piperidine rings is 1. The third-order valence-corrected chi connectivity index (χ3v) is 7.42. The lowest BCUT2D eigenvalue weighted by atomic mass is 10.1. The molecule has 164 valence electrons. The highest BCUT2D eigenvalue weighted by Crippen LogP contribution is 2.42. The number of likely N-dealkylation sites (tertiary alicyclic amines) is 1. The molecule has 1 amide bonds. The number of rotatable bonds is 5. The fourth-order valence-corrected chi connectivity index (χ4v) is 5.29.